The Bertz CT molecular complexity index is 1350. The van der Waals surface area contributed by atoms with Gasteiger partial charge in [-0.15, -0.1) is 0 Å². The van der Waals surface area contributed by atoms with Crippen LogP contribution in [-0.2, 0) is 0 Å². The zero-order chi connectivity index (χ0) is 24.5. The molecule has 2 aromatic heterocycles. The minimum absolute atomic E-state index is 0.0867. The number of ether oxygens (including phenoxy) is 2. The van der Waals surface area contributed by atoms with Gasteiger partial charge in [0, 0.05) is 35.0 Å². The fourth-order valence-corrected chi connectivity index (χ4v) is 5.27. The van der Waals surface area contributed by atoms with E-state index < -0.39 is 0 Å². The molecule has 0 unspecified atom stereocenters. The summed E-state index contributed by atoms with van der Waals surface area (Å²) >= 11 is 5.88. The van der Waals surface area contributed by atoms with Gasteiger partial charge in [0.05, 0.1) is 32.0 Å². The number of benzene rings is 2. The molecule has 7 heteroatoms. The second kappa shape index (κ2) is 9.43. The van der Waals surface area contributed by atoms with Crippen LogP contribution in [0.4, 0.5) is 5.69 Å². The number of methoxy groups -OCH3 is 2. The number of thiocarbonyl (C=S) groups is 1. The van der Waals surface area contributed by atoms with Crippen molar-refractivity contribution in [2.24, 2.45) is 0 Å². The van der Waals surface area contributed by atoms with E-state index in [0.29, 0.717) is 5.11 Å². The molecule has 1 saturated heterocycles. The monoisotopic (exact) mass is 484 g/mol. The van der Waals surface area contributed by atoms with Crippen LogP contribution in [0.25, 0.3) is 5.69 Å². The van der Waals surface area contributed by atoms with Crippen molar-refractivity contribution in [3.8, 4) is 17.2 Å². The lowest BCUT2D eigenvalue weighted by atomic mass is 9.96. The van der Waals surface area contributed by atoms with Gasteiger partial charge in [0.2, 0.25) is 0 Å². The zero-order valence-electron chi connectivity index (χ0n) is 20.2. The molecular weight excluding hydrogens is 456 g/mol. The third-order valence-electron chi connectivity index (χ3n) is 6.55. The van der Waals surface area contributed by atoms with Gasteiger partial charge in [-0.05, 0) is 86.2 Å². The molecule has 2 aromatic carbocycles. The van der Waals surface area contributed by atoms with E-state index in [1.165, 1.54) is 5.56 Å². The smallest absolute Gasteiger partial charge is 0.174 e. The number of nitrogens with one attached hydrogen (secondary N) is 1. The molecule has 0 bridgehead atoms. The van der Waals surface area contributed by atoms with E-state index in [4.69, 9.17) is 21.7 Å². The number of aromatic nitrogens is 2. The summed E-state index contributed by atoms with van der Waals surface area (Å²) in [7, 11) is 3.36. The molecule has 5 rings (SSSR count). The number of anilines is 1. The summed E-state index contributed by atoms with van der Waals surface area (Å²) in [6.07, 6.45) is 1.83. The first-order valence-corrected chi connectivity index (χ1v) is 11.9. The molecule has 0 radical (unpaired) electrons. The Morgan fingerprint density at radius 1 is 0.857 bits per heavy atom. The van der Waals surface area contributed by atoms with E-state index >= 15 is 0 Å². The molecule has 2 atom stereocenters. The Morgan fingerprint density at radius 3 is 2.31 bits per heavy atom. The Morgan fingerprint density at radius 2 is 1.63 bits per heavy atom. The first-order chi connectivity index (χ1) is 17.0. The lowest BCUT2D eigenvalue weighted by Gasteiger charge is -2.28. The van der Waals surface area contributed by atoms with Crippen molar-refractivity contribution in [2.75, 3.05) is 19.1 Å². The minimum atomic E-state index is -0.106. The molecule has 4 aromatic rings. The predicted octanol–water partition coefficient (Wildman–Crippen LogP) is 5.68. The van der Waals surface area contributed by atoms with Gasteiger partial charge in [0.15, 0.2) is 5.11 Å². The van der Waals surface area contributed by atoms with Crippen LogP contribution in [0.2, 0.25) is 0 Å². The van der Waals surface area contributed by atoms with Gasteiger partial charge in [-0.2, -0.15) is 0 Å². The Balaban J connectivity index is 1.66. The summed E-state index contributed by atoms with van der Waals surface area (Å²) in [5.41, 5.74) is 6.47. The third kappa shape index (κ3) is 4.12. The van der Waals surface area contributed by atoms with Gasteiger partial charge in [-0.1, -0.05) is 12.1 Å². The maximum Gasteiger partial charge on any atom is 0.174 e. The number of aryl methyl sites for hydroxylation is 1. The lowest BCUT2D eigenvalue weighted by molar-refractivity contribution is 0.414. The normalized spacial score (nSPS) is 17.4. The highest BCUT2D eigenvalue weighted by Gasteiger charge is 2.42. The summed E-state index contributed by atoms with van der Waals surface area (Å²) in [6, 6.07) is 24.2. The molecule has 1 aliphatic rings. The van der Waals surface area contributed by atoms with Gasteiger partial charge >= 0.3 is 0 Å². The van der Waals surface area contributed by atoms with E-state index in [-0.39, 0.29) is 12.1 Å². The highest BCUT2D eigenvalue weighted by atomic mass is 32.1. The van der Waals surface area contributed by atoms with Crippen molar-refractivity contribution < 1.29 is 9.47 Å². The molecule has 0 aliphatic carbocycles. The van der Waals surface area contributed by atoms with Gasteiger partial charge < -0.3 is 24.3 Å². The SMILES string of the molecule is COc1ccc(N2C(=S)N[C@@H](c3ccccn3)[C@H]2c2cc(C)n(-c3cccc(OC)c3)c2C)cc1. The molecule has 3 heterocycles. The van der Waals surface area contributed by atoms with Crippen LogP contribution in [0.3, 0.4) is 0 Å². The maximum absolute atomic E-state index is 5.88. The predicted molar refractivity (Wildman–Crippen MR) is 143 cm³/mol. The molecule has 0 saturated carbocycles. The van der Waals surface area contributed by atoms with Gasteiger partial charge in [-0.3, -0.25) is 4.98 Å². The summed E-state index contributed by atoms with van der Waals surface area (Å²) in [4.78, 5) is 6.86. The molecule has 35 heavy (non-hydrogen) atoms. The van der Waals surface area contributed by atoms with E-state index in [9.17, 15) is 0 Å². The highest BCUT2D eigenvalue weighted by Crippen LogP contribution is 2.44. The molecule has 0 amide bonds. The number of rotatable bonds is 6. The summed E-state index contributed by atoms with van der Waals surface area (Å²) in [5.74, 6) is 1.63. The summed E-state index contributed by atoms with van der Waals surface area (Å²) in [5, 5.41) is 4.21. The van der Waals surface area contributed by atoms with Gasteiger partial charge in [0.1, 0.15) is 11.5 Å². The molecule has 1 aliphatic heterocycles. The highest BCUT2D eigenvalue weighted by molar-refractivity contribution is 7.80. The van der Waals surface area contributed by atoms with Crippen molar-refractivity contribution in [1.82, 2.24) is 14.9 Å². The average Bonchev–Trinajstić information content (AvgIpc) is 3.39. The summed E-state index contributed by atoms with van der Waals surface area (Å²) < 4.78 is 13.1. The van der Waals surface area contributed by atoms with Gasteiger partial charge in [0.25, 0.3) is 0 Å². The zero-order valence-corrected chi connectivity index (χ0v) is 21.0. The quantitative estimate of drug-likeness (QED) is 0.355. The topological polar surface area (TPSA) is 51.5 Å². The van der Waals surface area contributed by atoms with E-state index in [1.54, 1.807) is 14.2 Å². The van der Waals surface area contributed by atoms with E-state index in [1.807, 2.05) is 60.8 Å². The number of hydrogen-bond donors (Lipinski definition) is 1. The first kappa shape index (κ1) is 22.9. The average molecular weight is 485 g/mol. The van der Waals surface area contributed by atoms with Gasteiger partial charge in [-0.25, -0.2) is 0 Å². The second-order valence-electron chi connectivity index (χ2n) is 8.56. The fraction of sp³-hybridized carbons (Fsp3) is 0.214. The van der Waals surface area contributed by atoms with Crippen LogP contribution >= 0.6 is 12.2 Å². The van der Waals surface area contributed by atoms with E-state index in [2.05, 4.69) is 51.8 Å². The van der Waals surface area contributed by atoms with Crippen molar-refractivity contribution in [3.05, 3.63) is 102 Å². The summed E-state index contributed by atoms with van der Waals surface area (Å²) in [6.45, 7) is 4.29. The van der Waals surface area contributed by atoms with Crippen LogP contribution in [0.5, 0.6) is 11.5 Å². The van der Waals surface area contributed by atoms with Crippen molar-refractivity contribution in [2.45, 2.75) is 25.9 Å². The van der Waals surface area contributed by atoms with Crippen LogP contribution < -0.4 is 19.7 Å². The van der Waals surface area contributed by atoms with Crippen LogP contribution in [0.1, 0.15) is 34.7 Å². The number of pyridine rings is 1. The molecule has 0 spiro atoms. The van der Waals surface area contributed by atoms with Crippen LogP contribution in [-0.4, -0.2) is 28.9 Å². The number of nitrogens with zero attached hydrogens (tertiary/aromatic N) is 3. The van der Waals surface area contributed by atoms with Crippen molar-refractivity contribution in [1.29, 1.82) is 0 Å². The van der Waals surface area contributed by atoms with Crippen LogP contribution in [0.15, 0.2) is 79.0 Å². The molecule has 178 valence electrons. The maximum atomic E-state index is 5.88. The Labute approximate surface area is 211 Å². The Hall–Kier alpha value is -3.84. The molecular formula is C28H28N4O2S. The Kier molecular flexibility index (Phi) is 6.17. The molecule has 1 fully saturated rings. The standard InChI is InChI=1S/C28H28N4O2S/c1-18-16-24(19(2)31(18)21-8-7-9-23(17-21)34-4)27-26(25-10-5-6-15-29-25)30-28(35)32(27)20-11-13-22(33-3)14-12-20/h5-17,26-27H,1-4H3,(H,30,35)/t26-,27+/m0/s1. The lowest BCUT2D eigenvalue weighted by Crippen LogP contribution is -2.29. The first-order valence-electron chi connectivity index (χ1n) is 11.5. The van der Waals surface area contributed by atoms with Crippen LogP contribution in [0, 0.1) is 13.8 Å². The van der Waals surface area contributed by atoms with E-state index in [0.717, 1.165) is 40.0 Å². The second-order valence-corrected chi connectivity index (χ2v) is 8.94. The minimum Gasteiger partial charge on any atom is -0.497 e. The third-order valence-corrected chi connectivity index (χ3v) is 6.86. The van der Waals surface area contributed by atoms with Crippen molar-refractivity contribution >= 4 is 23.0 Å². The number of hydrogen-bond acceptors (Lipinski definition) is 4. The fourth-order valence-electron chi connectivity index (χ4n) is 4.93. The molecule has 6 nitrogen and oxygen atoms in total. The largest absolute Gasteiger partial charge is 0.497 e. The molecule has 1 N–H and O–H groups in total. The van der Waals surface area contributed by atoms with Crippen molar-refractivity contribution in [3.63, 3.8) is 0 Å².